The van der Waals surface area contributed by atoms with Gasteiger partial charge in [0.1, 0.15) is 0 Å². The third kappa shape index (κ3) is 5.70. The van der Waals surface area contributed by atoms with Gasteiger partial charge in [-0.2, -0.15) is 0 Å². The molecule has 2 rings (SSSR count). The Morgan fingerprint density at radius 3 is 2.30 bits per heavy atom. The van der Waals surface area contributed by atoms with E-state index in [9.17, 15) is 9.59 Å². The molecule has 0 aliphatic heterocycles. The molecule has 0 unspecified atom stereocenters. The van der Waals surface area contributed by atoms with Crippen molar-refractivity contribution in [2.75, 3.05) is 0 Å². The molecule has 0 N–H and O–H groups in total. The maximum atomic E-state index is 12.3. The first kappa shape index (κ1) is 17.5. The van der Waals surface area contributed by atoms with Crippen molar-refractivity contribution in [3.8, 4) is 11.5 Å². The Bertz CT molecular complexity index is 518. The number of carbonyl (C=O) groups is 2. The second-order valence-corrected chi connectivity index (χ2v) is 6.13. The number of esters is 2. The zero-order chi connectivity index (χ0) is 16.5. The van der Waals surface area contributed by atoms with Crippen molar-refractivity contribution in [3.63, 3.8) is 0 Å². The zero-order valence-electron chi connectivity index (χ0n) is 13.9. The SMILES string of the molecule is CCCCCC(=O)Oc1ccccc1OC(=O)C1CCCCC1. The van der Waals surface area contributed by atoms with Crippen molar-refractivity contribution in [3.05, 3.63) is 24.3 Å². The van der Waals surface area contributed by atoms with Crippen LogP contribution < -0.4 is 9.47 Å². The van der Waals surface area contributed by atoms with E-state index < -0.39 is 0 Å². The molecule has 1 aromatic rings. The normalized spacial score (nSPS) is 15.2. The summed E-state index contributed by atoms with van der Waals surface area (Å²) in [6, 6.07) is 6.89. The molecule has 1 aliphatic rings. The van der Waals surface area contributed by atoms with E-state index in [2.05, 4.69) is 6.92 Å². The van der Waals surface area contributed by atoms with Crippen LogP contribution in [0.2, 0.25) is 0 Å². The fourth-order valence-corrected chi connectivity index (χ4v) is 2.84. The molecule has 0 bridgehead atoms. The van der Waals surface area contributed by atoms with E-state index in [1.165, 1.54) is 6.42 Å². The molecule has 0 radical (unpaired) electrons. The van der Waals surface area contributed by atoms with Crippen LogP contribution in [0.4, 0.5) is 0 Å². The summed E-state index contributed by atoms with van der Waals surface area (Å²) in [7, 11) is 0. The standard InChI is InChI=1S/C19H26O4/c1-2-3-5-14-18(20)22-16-12-8-9-13-17(16)23-19(21)15-10-6-4-7-11-15/h8-9,12-13,15H,2-7,10-11,14H2,1H3. The average Bonchev–Trinajstić information content (AvgIpc) is 2.57. The molecule has 1 aromatic carbocycles. The predicted octanol–water partition coefficient (Wildman–Crippen LogP) is 4.66. The highest BCUT2D eigenvalue weighted by molar-refractivity contribution is 5.77. The summed E-state index contributed by atoms with van der Waals surface area (Å²) < 4.78 is 10.9. The first-order chi connectivity index (χ1) is 11.2. The van der Waals surface area contributed by atoms with Gasteiger partial charge in [0, 0.05) is 6.42 Å². The van der Waals surface area contributed by atoms with E-state index in [4.69, 9.17) is 9.47 Å². The van der Waals surface area contributed by atoms with Crippen LogP contribution in [0.15, 0.2) is 24.3 Å². The molecule has 0 aromatic heterocycles. The highest BCUT2D eigenvalue weighted by atomic mass is 16.6. The number of hydrogen-bond donors (Lipinski definition) is 0. The van der Waals surface area contributed by atoms with Gasteiger partial charge in [0.2, 0.25) is 0 Å². The summed E-state index contributed by atoms with van der Waals surface area (Å²) in [6.07, 6.45) is 8.39. The van der Waals surface area contributed by atoms with Crippen LogP contribution in [0.25, 0.3) is 0 Å². The number of benzene rings is 1. The molecule has 0 spiro atoms. The van der Waals surface area contributed by atoms with Crippen LogP contribution in [0, 0.1) is 5.92 Å². The molecule has 0 heterocycles. The Kier molecular flexibility index (Phi) is 7.11. The van der Waals surface area contributed by atoms with Crippen molar-refractivity contribution in [2.24, 2.45) is 5.92 Å². The van der Waals surface area contributed by atoms with E-state index in [1.807, 2.05) is 0 Å². The van der Waals surface area contributed by atoms with Crippen LogP contribution in [0.3, 0.4) is 0 Å². The van der Waals surface area contributed by atoms with Gasteiger partial charge in [0.25, 0.3) is 0 Å². The Morgan fingerprint density at radius 2 is 1.65 bits per heavy atom. The zero-order valence-corrected chi connectivity index (χ0v) is 13.9. The third-order valence-corrected chi connectivity index (χ3v) is 4.21. The Hall–Kier alpha value is -1.84. The van der Waals surface area contributed by atoms with Gasteiger partial charge in [-0.15, -0.1) is 0 Å². The second kappa shape index (κ2) is 9.33. The smallest absolute Gasteiger partial charge is 0.314 e. The van der Waals surface area contributed by atoms with Crippen molar-refractivity contribution in [1.82, 2.24) is 0 Å². The van der Waals surface area contributed by atoms with Crippen LogP contribution in [0.5, 0.6) is 11.5 Å². The number of ether oxygens (including phenoxy) is 2. The van der Waals surface area contributed by atoms with Gasteiger partial charge in [0.15, 0.2) is 11.5 Å². The van der Waals surface area contributed by atoms with Gasteiger partial charge in [-0.05, 0) is 31.4 Å². The Balaban J connectivity index is 1.93. The summed E-state index contributed by atoms with van der Waals surface area (Å²) >= 11 is 0. The number of rotatable bonds is 7. The summed E-state index contributed by atoms with van der Waals surface area (Å²) in [5.74, 6) is 0.154. The van der Waals surface area contributed by atoms with Crippen LogP contribution >= 0.6 is 0 Å². The van der Waals surface area contributed by atoms with Gasteiger partial charge in [-0.1, -0.05) is 51.2 Å². The maximum absolute atomic E-state index is 12.3. The highest BCUT2D eigenvalue weighted by Gasteiger charge is 2.24. The summed E-state index contributed by atoms with van der Waals surface area (Å²) in [5, 5.41) is 0. The molecular weight excluding hydrogens is 292 g/mol. The minimum atomic E-state index is -0.278. The summed E-state index contributed by atoms with van der Waals surface area (Å²) in [6.45, 7) is 2.09. The number of hydrogen-bond acceptors (Lipinski definition) is 4. The summed E-state index contributed by atoms with van der Waals surface area (Å²) in [4.78, 5) is 24.1. The van der Waals surface area contributed by atoms with E-state index in [0.29, 0.717) is 17.9 Å². The van der Waals surface area contributed by atoms with Crippen LogP contribution in [-0.4, -0.2) is 11.9 Å². The van der Waals surface area contributed by atoms with Gasteiger partial charge in [-0.25, -0.2) is 0 Å². The fourth-order valence-electron chi connectivity index (χ4n) is 2.84. The van der Waals surface area contributed by atoms with Crippen LogP contribution in [-0.2, 0) is 9.59 Å². The molecule has 0 amide bonds. The largest absolute Gasteiger partial charge is 0.423 e. The lowest BCUT2D eigenvalue weighted by Crippen LogP contribution is -2.23. The molecule has 0 saturated heterocycles. The summed E-state index contributed by atoms with van der Waals surface area (Å²) in [5.41, 5.74) is 0. The molecule has 1 saturated carbocycles. The molecule has 126 valence electrons. The second-order valence-electron chi connectivity index (χ2n) is 6.13. The number of para-hydroxylation sites is 2. The molecule has 1 aliphatic carbocycles. The molecule has 4 heteroatoms. The first-order valence-corrected chi connectivity index (χ1v) is 8.72. The van der Waals surface area contributed by atoms with E-state index >= 15 is 0 Å². The Labute approximate surface area is 138 Å². The van der Waals surface area contributed by atoms with Crippen LogP contribution in [0.1, 0.15) is 64.7 Å². The lowest BCUT2D eigenvalue weighted by Gasteiger charge is -2.20. The minimum absolute atomic E-state index is 0.0305. The molecule has 1 fully saturated rings. The van der Waals surface area contributed by atoms with Crippen molar-refractivity contribution >= 4 is 11.9 Å². The van der Waals surface area contributed by atoms with Gasteiger partial charge >= 0.3 is 11.9 Å². The molecule has 23 heavy (non-hydrogen) atoms. The average molecular weight is 318 g/mol. The number of unbranched alkanes of at least 4 members (excludes halogenated alkanes) is 2. The fraction of sp³-hybridized carbons (Fsp3) is 0.579. The van der Waals surface area contributed by atoms with E-state index in [1.54, 1.807) is 24.3 Å². The lowest BCUT2D eigenvalue weighted by atomic mass is 9.89. The molecular formula is C19H26O4. The predicted molar refractivity (Wildman–Crippen MR) is 88.4 cm³/mol. The first-order valence-electron chi connectivity index (χ1n) is 8.72. The monoisotopic (exact) mass is 318 g/mol. The Morgan fingerprint density at radius 1 is 1.00 bits per heavy atom. The van der Waals surface area contributed by atoms with Gasteiger partial charge in [0.05, 0.1) is 5.92 Å². The molecule has 4 nitrogen and oxygen atoms in total. The van der Waals surface area contributed by atoms with E-state index in [-0.39, 0.29) is 17.9 Å². The third-order valence-electron chi connectivity index (χ3n) is 4.21. The topological polar surface area (TPSA) is 52.6 Å². The highest BCUT2D eigenvalue weighted by Crippen LogP contribution is 2.30. The van der Waals surface area contributed by atoms with Crippen molar-refractivity contribution < 1.29 is 19.1 Å². The van der Waals surface area contributed by atoms with Gasteiger partial charge < -0.3 is 9.47 Å². The molecule has 0 atom stereocenters. The quantitative estimate of drug-likeness (QED) is 0.417. The van der Waals surface area contributed by atoms with Crippen molar-refractivity contribution in [2.45, 2.75) is 64.7 Å². The lowest BCUT2D eigenvalue weighted by molar-refractivity contribution is -0.141. The maximum Gasteiger partial charge on any atom is 0.314 e. The minimum Gasteiger partial charge on any atom is -0.423 e. The number of carbonyl (C=O) groups excluding carboxylic acids is 2. The van der Waals surface area contributed by atoms with E-state index in [0.717, 1.165) is 44.9 Å². The van der Waals surface area contributed by atoms with Gasteiger partial charge in [-0.3, -0.25) is 9.59 Å². The van der Waals surface area contributed by atoms with Crippen molar-refractivity contribution in [1.29, 1.82) is 0 Å².